The van der Waals surface area contributed by atoms with E-state index in [1.807, 2.05) is 12.3 Å². The zero-order valence-electron chi connectivity index (χ0n) is 11.0. The number of hydrazone groups is 1. The van der Waals surface area contributed by atoms with Gasteiger partial charge in [-0.15, -0.1) is 0 Å². The molecule has 0 bridgehead atoms. The molecular formula is C15H20N4. The summed E-state index contributed by atoms with van der Waals surface area (Å²) >= 11 is 0. The molecule has 0 aromatic heterocycles. The molecule has 2 heterocycles. The lowest BCUT2D eigenvalue weighted by molar-refractivity contribution is 0.479. The van der Waals surface area contributed by atoms with Crippen molar-refractivity contribution in [1.29, 1.82) is 0 Å². The molecule has 0 saturated heterocycles. The first-order valence-electron chi connectivity index (χ1n) is 6.95. The van der Waals surface area contributed by atoms with Crippen LogP contribution in [-0.4, -0.2) is 30.6 Å². The van der Waals surface area contributed by atoms with Gasteiger partial charge in [0, 0.05) is 31.1 Å². The zero-order chi connectivity index (χ0) is 13.1. The number of aryl methyl sites for hydroxylation is 1. The number of fused-ring (bicyclic) bond motifs is 1. The van der Waals surface area contributed by atoms with Crippen LogP contribution in [0.15, 0.2) is 40.4 Å². The first-order chi connectivity index (χ1) is 9.34. The lowest BCUT2D eigenvalue weighted by Crippen LogP contribution is -2.41. The lowest BCUT2D eigenvalue weighted by atomic mass is 9.87. The van der Waals surface area contributed by atoms with Gasteiger partial charge in [-0.05, 0) is 18.4 Å². The van der Waals surface area contributed by atoms with Crippen molar-refractivity contribution in [3.8, 4) is 0 Å². The summed E-state index contributed by atoms with van der Waals surface area (Å²) in [5, 5.41) is 4.45. The fraction of sp³-hybridized carbons (Fsp3) is 0.467. The van der Waals surface area contributed by atoms with Gasteiger partial charge in [-0.1, -0.05) is 30.3 Å². The van der Waals surface area contributed by atoms with Gasteiger partial charge < -0.3 is 11.2 Å². The zero-order valence-corrected chi connectivity index (χ0v) is 11.0. The van der Waals surface area contributed by atoms with Crippen LogP contribution in [0.1, 0.15) is 18.4 Å². The van der Waals surface area contributed by atoms with Crippen molar-refractivity contribution in [3.63, 3.8) is 0 Å². The Hall–Kier alpha value is -1.68. The predicted octanol–water partition coefficient (Wildman–Crippen LogP) is 1.36. The van der Waals surface area contributed by atoms with Gasteiger partial charge in [0.1, 0.15) is 0 Å². The smallest absolute Gasteiger partial charge is 0.0616 e. The summed E-state index contributed by atoms with van der Waals surface area (Å²) in [7, 11) is 0. The number of benzene rings is 1. The average molecular weight is 256 g/mol. The standard InChI is InChI=1S/C15H20N4/c16-13(7-6-11-4-2-1-3-5-11)15-12-10-17-9-8-14(12)18-19-15/h1-5,9,12-14,18H,6-8,10,16H2. The molecule has 1 aromatic carbocycles. The quantitative estimate of drug-likeness (QED) is 0.854. The molecule has 0 radical (unpaired) electrons. The van der Waals surface area contributed by atoms with E-state index >= 15 is 0 Å². The van der Waals surface area contributed by atoms with E-state index in [1.54, 1.807) is 0 Å². The fourth-order valence-electron chi connectivity index (χ4n) is 2.82. The molecule has 100 valence electrons. The largest absolute Gasteiger partial charge is 0.323 e. The van der Waals surface area contributed by atoms with Crippen molar-refractivity contribution in [2.75, 3.05) is 6.54 Å². The van der Waals surface area contributed by atoms with Crippen LogP contribution < -0.4 is 11.2 Å². The van der Waals surface area contributed by atoms with Crippen LogP contribution in [0.3, 0.4) is 0 Å². The van der Waals surface area contributed by atoms with Crippen LogP contribution >= 0.6 is 0 Å². The van der Waals surface area contributed by atoms with Crippen LogP contribution in [0, 0.1) is 5.92 Å². The van der Waals surface area contributed by atoms with Gasteiger partial charge in [0.15, 0.2) is 0 Å². The van der Waals surface area contributed by atoms with E-state index in [1.165, 1.54) is 5.56 Å². The van der Waals surface area contributed by atoms with Gasteiger partial charge >= 0.3 is 0 Å². The van der Waals surface area contributed by atoms with Gasteiger partial charge in [-0.3, -0.25) is 4.99 Å². The maximum atomic E-state index is 6.31. The minimum absolute atomic E-state index is 0.0380. The van der Waals surface area contributed by atoms with Gasteiger partial charge in [0.05, 0.1) is 11.8 Å². The van der Waals surface area contributed by atoms with Crippen LogP contribution in [-0.2, 0) is 6.42 Å². The third kappa shape index (κ3) is 2.68. The van der Waals surface area contributed by atoms with Gasteiger partial charge in [0.2, 0.25) is 0 Å². The SMILES string of the molecule is NC(CCc1ccccc1)C1=NNC2CC=NCC12. The Morgan fingerprint density at radius 1 is 1.32 bits per heavy atom. The van der Waals surface area contributed by atoms with Crippen molar-refractivity contribution < 1.29 is 0 Å². The molecule has 0 amide bonds. The Balaban J connectivity index is 1.59. The van der Waals surface area contributed by atoms with Crippen LogP contribution in [0.2, 0.25) is 0 Å². The first-order valence-corrected chi connectivity index (χ1v) is 6.95. The summed E-state index contributed by atoms with van der Waals surface area (Å²) in [6.45, 7) is 0.829. The van der Waals surface area contributed by atoms with E-state index in [0.717, 1.165) is 31.5 Å². The van der Waals surface area contributed by atoms with E-state index in [2.05, 4.69) is 39.8 Å². The minimum atomic E-state index is 0.0380. The van der Waals surface area contributed by atoms with Gasteiger partial charge in [0.25, 0.3) is 0 Å². The maximum Gasteiger partial charge on any atom is 0.0616 e. The molecule has 0 saturated carbocycles. The Labute approximate surface area is 113 Å². The third-order valence-corrected chi connectivity index (χ3v) is 3.98. The number of hydrogen-bond donors (Lipinski definition) is 2. The Bertz CT molecular complexity index is 480. The molecule has 1 aromatic rings. The third-order valence-electron chi connectivity index (χ3n) is 3.98. The number of nitrogens with one attached hydrogen (secondary N) is 1. The molecule has 3 atom stereocenters. The summed E-state index contributed by atoms with van der Waals surface area (Å²) in [6, 6.07) is 10.9. The maximum absolute atomic E-state index is 6.31. The summed E-state index contributed by atoms with van der Waals surface area (Å²) < 4.78 is 0. The fourth-order valence-corrected chi connectivity index (χ4v) is 2.82. The highest BCUT2D eigenvalue weighted by Gasteiger charge is 2.35. The second-order valence-corrected chi connectivity index (χ2v) is 5.29. The molecule has 2 aliphatic heterocycles. The summed E-state index contributed by atoms with van der Waals surface area (Å²) in [6.07, 6.45) is 4.89. The van der Waals surface area contributed by atoms with Crippen molar-refractivity contribution in [2.24, 2.45) is 21.7 Å². The van der Waals surface area contributed by atoms with E-state index < -0.39 is 0 Å². The summed E-state index contributed by atoms with van der Waals surface area (Å²) in [4.78, 5) is 4.37. The summed E-state index contributed by atoms with van der Waals surface area (Å²) in [5.41, 5.74) is 12.0. The molecule has 3 unspecified atom stereocenters. The second kappa shape index (κ2) is 5.53. The van der Waals surface area contributed by atoms with Crippen molar-refractivity contribution >= 4 is 11.9 Å². The Morgan fingerprint density at radius 3 is 3.00 bits per heavy atom. The molecule has 4 heteroatoms. The molecule has 19 heavy (non-hydrogen) atoms. The minimum Gasteiger partial charge on any atom is -0.323 e. The number of nitrogens with zero attached hydrogens (tertiary/aromatic N) is 2. The van der Waals surface area contributed by atoms with Crippen LogP contribution in [0.4, 0.5) is 0 Å². The van der Waals surface area contributed by atoms with Gasteiger partial charge in [-0.2, -0.15) is 5.10 Å². The average Bonchev–Trinajstić information content (AvgIpc) is 2.90. The normalized spacial score (nSPS) is 26.5. The van der Waals surface area contributed by atoms with Crippen LogP contribution in [0.5, 0.6) is 0 Å². The number of aliphatic imine (C=N–C) groups is 1. The second-order valence-electron chi connectivity index (χ2n) is 5.29. The predicted molar refractivity (Wildman–Crippen MR) is 78.6 cm³/mol. The molecule has 3 N–H and O–H groups in total. The lowest BCUT2D eigenvalue weighted by Gasteiger charge is -2.23. The number of rotatable bonds is 4. The van der Waals surface area contributed by atoms with Crippen molar-refractivity contribution in [1.82, 2.24) is 5.43 Å². The monoisotopic (exact) mass is 256 g/mol. The van der Waals surface area contributed by atoms with Crippen molar-refractivity contribution in [3.05, 3.63) is 35.9 Å². The molecule has 0 spiro atoms. The highest BCUT2D eigenvalue weighted by atomic mass is 15.3. The Kier molecular flexibility index (Phi) is 3.60. The molecule has 4 nitrogen and oxygen atoms in total. The van der Waals surface area contributed by atoms with Gasteiger partial charge in [-0.25, -0.2) is 0 Å². The highest BCUT2D eigenvalue weighted by molar-refractivity contribution is 5.94. The molecule has 0 fully saturated rings. The van der Waals surface area contributed by atoms with E-state index in [0.29, 0.717) is 12.0 Å². The summed E-state index contributed by atoms with van der Waals surface area (Å²) in [5.74, 6) is 0.399. The van der Waals surface area contributed by atoms with E-state index in [4.69, 9.17) is 5.73 Å². The Morgan fingerprint density at radius 2 is 2.16 bits per heavy atom. The number of nitrogens with two attached hydrogens (primary N) is 1. The van der Waals surface area contributed by atoms with E-state index in [9.17, 15) is 0 Å². The number of hydrogen-bond acceptors (Lipinski definition) is 4. The highest BCUT2D eigenvalue weighted by Crippen LogP contribution is 2.22. The molecular weight excluding hydrogens is 236 g/mol. The first kappa shape index (κ1) is 12.4. The van der Waals surface area contributed by atoms with E-state index in [-0.39, 0.29) is 6.04 Å². The van der Waals surface area contributed by atoms with Crippen molar-refractivity contribution in [2.45, 2.75) is 31.3 Å². The molecule has 2 aliphatic rings. The van der Waals surface area contributed by atoms with Crippen LogP contribution in [0.25, 0.3) is 0 Å². The topological polar surface area (TPSA) is 62.8 Å². The molecule has 0 aliphatic carbocycles. The molecule has 3 rings (SSSR count).